The van der Waals surface area contributed by atoms with Gasteiger partial charge in [0, 0.05) is 57.3 Å². The van der Waals surface area contributed by atoms with Gasteiger partial charge in [-0.05, 0) is 38.3 Å². The van der Waals surface area contributed by atoms with E-state index in [1.54, 1.807) is 4.90 Å². The summed E-state index contributed by atoms with van der Waals surface area (Å²) >= 11 is 3.52. The number of unbranched alkanes of at least 4 members (excludes halogenated alkanes) is 1. The summed E-state index contributed by atoms with van der Waals surface area (Å²) < 4.78 is 6.35. The molecule has 160 valence electrons. The molecule has 0 aliphatic heterocycles. The molecule has 28 heavy (non-hydrogen) atoms. The predicted octanol–water partition coefficient (Wildman–Crippen LogP) is 3.79. The first kappa shape index (κ1) is 27.1. The molecule has 0 fully saturated rings. The van der Waals surface area contributed by atoms with Gasteiger partial charge in [0.1, 0.15) is 0 Å². The molecule has 0 spiro atoms. The largest absolute Gasteiger partial charge is 0.382 e. The number of hydrogen-bond donors (Lipinski definition) is 2. The van der Waals surface area contributed by atoms with Crippen LogP contribution in [0.4, 0.5) is 0 Å². The number of amides is 1. The molecule has 8 heteroatoms. The number of aliphatic imine (C=N–C) groups is 1. The molecule has 0 aromatic heterocycles. The Labute approximate surface area is 195 Å². The summed E-state index contributed by atoms with van der Waals surface area (Å²) in [7, 11) is 1.83. The topological polar surface area (TPSA) is 66.0 Å². The van der Waals surface area contributed by atoms with E-state index < -0.39 is 0 Å². The number of rotatable bonds is 12. The van der Waals surface area contributed by atoms with Gasteiger partial charge >= 0.3 is 0 Å². The highest BCUT2D eigenvalue weighted by atomic mass is 127. The highest BCUT2D eigenvalue weighted by molar-refractivity contribution is 14.0. The number of nitrogens with zero attached hydrogens (tertiary/aromatic N) is 2. The van der Waals surface area contributed by atoms with Gasteiger partial charge in [-0.25, -0.2) is 0 Å². The fourth-order valence-electron chi connectivity index (χ4n) is 2.44. The molecule has 0 aliphatic carbocycles. The molecular formula is C20H34BrIN4O2. The summed E-state index contributed by atoms with van der Waals surface area (Å²) in [6.45, 7) is 8.27. The van der Waals surface area contributed by atoms with Crippen LogP contribution in [0.1, 0.15) is 38.7 Å². The van der Waals surface area contributed by atoms with E-state index in [1.165, 1.54) is 0 Å². The van der Waals surface area contributed by atoms with Crippen LogP contribution >= 0.6 is 39.9 Å². The summed E-state index contributed by atoms with van der Waals surface area (Å²) in [5.74, 6) is 0.862. The Morgan fingerprint density at radius 1 is 1.21 bits per heavy atom. The number of carbonyl (C=O) groups is 1. The molecule has 0 saturated heterocycles. The third-order valence-electron chi connectivity index (χ3n) is 3.94. The van der Waals surface area contributed by atoms with Crippen LogP contribution in [0.2, 0.25) is 0 Å². The highest BCUT2D eigenvalue weighted by Crippen LogP contribution is 2.17. The van der Waals surface area contributed by atoms with Crippen LogP contribution in [0.3, 0.4) is 0 Å². The minimum absolute atomic E-state index is 0. The van der Waals surface area contributed by atoms with Crippen molar-refractivity contribution in [2.45, 2.75) is 39.7 Å². The molecule has 0 heterocycles. The first-order chi connectivity index (χ1) is 13.1. The summed E-state index contributed by atoms with van der Waals surface area (Å²) in [6, 6.07) is 7.96. The molecule has 0 atom stereocenters. The Morgan fingerprint density at radius 3 is 2.64 bits per heavy atom. The second-order valence-electron chi connectivity index (χ2n) is 6.18. The van der Waals surface area contributed by atoms with Gasteiger partial charge in [-0.3, -0.25) is 9.79 Å². The van der Waals surface area contributed by atoms with E-state index in [2.05, 4.69) is 31.6 Å². The zero-order valence-electron chi connectivity index (χ0n) is 17.2. The van der Waals surface area contributed by atoms with Gasteiger partial charge in [0.15, 0.2) is 5.96 Å². The van der Waals surface area contributed by atoms with Crippen molar-refractivity contribution in [1.82, 2.24) is 15.5 Å². The van der Waals surface area contributed by atoms with E-state index in [1.807, 2.05) is 45.2 Å². The maximum Gasteiger partial charge on any atom is 0.224 e. The van der Waals surface area contributed by atoms with Gasteiger partial charge in [0.2, 0.25) is 5.91 Å². The van der Waals surface area contributed by atoms with Crippen LogP contribution in [0.15, 0.2) is 33.7 Å². The van der Waals surface area contributed by atoms with Crippen molar-refractivity contribution in [3.63, 3.8) is 0 Å². The Kier molecular flexibility index (Phi) is 16.5. The number of ether oxygens (including phenoxy) is 1. The lowest BCUT2D eigenvalue weighted by atomic mass is 10.2. The van der Waals surface area contributed by atoms with Gasteiger partial charge in [-0.1, -0.05) is 34.1 Å². The number of carbonyl (C=O) groups excluding carboxylic acids is 1. The minimum Gasteiger partial charge on any atom is -0.382 e. The van der Waals surface area contributed by atoms with Crippen molar-refractivity contribution >= 4 is 51.8 Å². The second kappa shape index (κ2) is 17.0. The lowest BCUT2D eigenvalue weighted by Crippen LogP contribution is -2.39. The van der Waals surface area contributed by atoms with Gasteiger partial charge in [0.05, 0.1) is 0 Å². The van der Waals surface area contributed by atoms with E-state index in [9.17, 15) is 4.79 Å². The number of nitrogens with one attached hydrogen (secondary N) is 2. The fraction of sp³-hybridized carbons (Fsp3) is 0.600. The molecular weight excluding hydrogens is 535 g/mol. The third-order valence-corrected chi connectivity index (χ3v) is 4.71. The van der Waals surface area contributed by atoms with Gasteiger partial charge < -0.3 is 20.3 Å². The highest BCUT2D eigenvalue weighted by Gasteiger charge is 2.10. The van der Waals surface area contributed by atoms with Crippen molar-refractivity contribution in [3.05, 3.63) is 34.3 Å². The smallest absolute Gasteiger partial charge is 0.224 e. The third kappa shape index (κ3) is 11.9. The maximum absolute atomic E-state index is 12.4. The van der Waals surface area contributed by atoms with E-state index in [0.717, 1.165) is 55.1 Å². The Morgan fingerprint density at radius 2 is 1.96 bits per heavy atom. The zero-order valence-corrected chi connectivity index (χ0v) is 21.1. The molecule has 2 N–H and O–H groups in total. The van der Waals surface area contributed by atoms with Crippen molar-refractivity contribution < 1.29 is 9.53 Å². The fourth-order valence-corrected chi connectivity index (χ4v) is 2.85. The number of hydrogen-bond acceptors (Lipinski definition) is 3. The normalized spacial score (nSPS) is 10.9. The van der Waals surface area contributed by atoms with E-state index >= 15 is 0 Å². The van der Waals surface area contributed by atoms with Crippen LogP contribution < -0.4 is 10.6 Å². The number of benzene rings is 1. The molecule has 1 rings (SSSR count). The molecule has 0 unspecified atom stereocenters. The number of halogens is 2. The standard InChI is InChI=1S/C20H33BrN4O2.HI/c1-4-22-20(23-13-8-9-15-27-5-2)24-14-12-19(26)25(3)16-17-10-6-7-11-18(17)21;/h6-7,10-11H,4-5,8-9,12-16H2,1-3H3,(H2,22,23,24);1H. The molecule has 6 nitrogen and oxygen atoms in total. The first-order valence-electron chi connectivity index (χ1n) is 9.65. The average molecular weight is 569 g/mol. The lowest BCUT2D eigenvalue weighted by Gasteiger charge is -2.19. The lowest BCUT2D eigenvalue weighted by molar-refractivity contribution is -0.130. The molecule has 1 aromatic carbocycles. The molecule has 0 bridgehead atoms. The monoisotopic (exact) mass is 568 g/mol. The Hall–Kier alpha value is -0.870. The molecule has 0 saturated carbocycles. The molecule has 0 radical (unpaired) electrons. The summed E-state index contributed by atoms with van der Waals surface area (Å²) in [4.78, 5) is 18.6. The van der Waals surface area contributed by atoms with E-state index in [4.69, 9.17) is 4.74 Å². The maximum atomic E-state index is 12.4. The van der Waals surface area contributed by atoms with Gasteiger partial charge in [-0.2, -0.15) is 0 Å². The predicted molar refractivity (Wildman–Crippen MR) is 130 cm³/mol. The van der Waals surface area contributed by atoms with Crippen LogP contribution in [0, 0.1) is 0 Å². The van der Waals surface area contributed by atoms with E-state index in [0.29, 0.717) is 19.5 Å². The van der Waals surface area contributed by atoms with Crippen LogP contribution in [0.5, 0.6) is 0 Å². The summed E-state index contributed by atoms with van der Waals surface area (Å²) in [5, 5.41) is 6.45. The van der Waals surface area contributed by atoms with E-state index in [-0.39, 0.29) is 29.9 Å². The Balaban J connectivity index is 0.00000729. The zero-order chi connectivity index (χ0) is 19.9. The SMILES string of the molecule is CCNC(=NCCCCOCC)NCCC(=O)N(C)Cc1ccccc1Br.I. The first-order valence-corrected chi connectivity index (χ1v) is 10.4. The van der Waals surface area contributed by atoms with Crippen molar-refractivity contribution in [1.29, 1.82) is 0 Å². The number of guanidine groups is 1. The van der Waals surface area contributed by atoms with Crippen molar-refractivity contribution in [2.24, 2.45) is 4.99 Å². The van der Waals surface area contributed by atoms with Gasteiger partial charge in [-0.15, -0.1) is 24.0 Å². The Bertz CT molecular complexity index is 587. The summed E-state index contributed by atoms with van der Waals surface area (Å²) in [5.41, 5.74) is 1.10. The van der Waals surface area contributed by atoms with Crippen molar-refractivity contribution in [2.75, 3.05) is 39.9 Å². The van der Waals surface area contributed by atoms with Crippen LogP contribution in [-0.2, 0) is 16.1 Å². The second-order valence-corrected chi connectivity index (χ2v) is 7.04. The molecule has 1 amide bonds. The van der Waals surface area contributed by atoms with Crippen LogP contribution in [0.25, 0.3) is 0 Å². The summed E-state index contributed by atoms with van der Waals surface area (Å²) in [6.07, 6.45) is 2.43. The average Bonchev–Trinajstić information content (AvgIpc) is 2.66. The minimum atomic E-state index is 0. The van der Waals surface area contributed by atoms with Crippen LogP contribution in [-0.4, -0.2) is 56.7 Å². The molecule has 1 aromatic rings. The molecule has 0 aliphatic rings. The quantitative estimate of drug-likeness (QED) is 0.174. The van der Waals surface area contributed by atoms with Gasteiger partial charge in [0.25, 0.3) is 0 Å². The van der Waals surface area contributed by atoms with Crippen molar-refractivity contribution in [3.8, 4) is 0 Å².